The van der Waals surface area contributed by atoms with Gasteiger partial charge in [0.15, 0.2) is 0 Å². The summed E-state index contributed by atoms with van der Waals surface area (Å²) in [6, 6.07) is 23.7. The van der Waals surface area contributed by atoms with E-state index in [4.69, 9.17) is 9.47 Å². The Morgan fingerprint density at radius 3 is 2.42 bits per heavy atom. The fraction of sp³-hybridized carbons (Fsp3) is 0.568. The number of nitrogens with one attached hydrogen (secondary N) is 1. The Bertz CT molecular complexity index is 1810. The van der Waals surface area contributed by atoms with E-state index in [2.05, 4.69) is 85.6 Å². The fourth-order valence-electron chi connectivity index (χ4n) is 11.7. The Hall–Kier alpha value is -3.19. The van der Waals surface area contributed by atoms with Crippen molar-refractivity contribution in [2.24, 2.45) is 22.7 Å². The molecule has 5 aliphatic carbocycles. The number of nitrogens with zero attached hydrogens (tertiary/aromatic N) is 1. The maximum Gasteiger partial charge on any atom is 0.255 e. The molecule has 7 aliphatic rings. The predicted octanol–water partition coefficient (Wildman–Crippen LogP) is 7.35. The van der Waals surface area contributed by atoms with Gasteiger partial charge in [0.05, 0.1) is 11.2 Å². The molecule has 0 radical (unpaired) electrons. The summed E-state index contributed by atoms with van der Waals surface area (Å²) in [5.74, 6) is 1.45. The molecule has 5 fully saturated rings. The molecule has 7 atom stereocenters. The summed E-state index contributed by atoms with van der Waals surface area (Å²) in [6.07, 6.45) is 8.08. The van der Waals surface area contributed by atoms with Crippen LogP contribution in [-0.2, 0) is 23.0 Å². The molecule has 4 bridgehead atoms. The third-order valence-corrected chi connectivity index (χ3v) is 14.9. The lowest BCUT2D eigenvalue weighted by molar-refractivity contribution is -0.312. The van der Waals surface area contributed by atoms with Crippen LogP contribution in [0.2, 0.25) is 0 Å². The van der Waals surface area contributed by atoms with E-state index in [0.717, 1.165) is 56.7 Å². The number of carbonyl (C=O) groups is 1. The summed E-state index contributed by atoms with van der Waals surface area (Å²) < 4.78 is 14.1. The molecule has 50 heavy (non-hydrogen) atoms. The lowest BCUT2D eigenvalue weighted by atomic mass is 9.33. The molecule has 1 unspecified atom stereocenters. The minimum Gasteiger partial charge on any atom is -0.485 e. The monoisotopic (exact) mass is 674 g/mol. The average molecular weight is 675 g/mol. The van der Waals surface area contributed by atoms with Gasteiger partial charge in [-0.2, -0.15) is 0 Å². The summed E-state index contributed by atoms with van der Waals surface area (Å²) >= 11 is 0. The first kappa shape index (κ1) is 32.7. The lowest BCUT2D eigenvalue weighted by Gasteiger charge is -2.75. The van der Waals surface area contributed by atoms with Gasteiger partial charge in [0.1, 0.15) is 17.5 Å². The number of likely N-dealkylation sites (tertiary alicyclic amines) is 1. The van der Waals surface area contributed by atoms with Gasteiger partial charge in [-0.1, -0.05) is 81.4 Å². The van der Waals surface area contributed by atoms with E-state index in [-0.39, 0.29) is 34.2 Å². The zero-order chi connectivity index (χ0) is 34.7. The summed E-state index contributed by atoms with van der Waals surface area (Å²) in [7, 11) is 1.84. The van der Waals surface area contributed by atoms with E-state index in [0.29, 0.717) is 18.2 Å². The molecule has 3 aromatic carbocycles. The maximum absolute atomic E-state index is 14.1. The van der Waals surface area contributed by atoms with Crippen molar-refractivity contribution < 1.29 is 19.4 Å². The Balaban J connectivity index is 1.06. The number of aliphatic hydroxyl groups is 1. The molecular formula is C44H54N2O4. The highest BCUT2D eigenvalue weighted by Crippen LogP contribution is 2.77. The predicted molar refractivity (Wildman–Crippen MR) is 196 cm³/mol. The molecule has 1 saturated heterocycles. The van der Waals surface area contributed by atoms with Gasteiger partial charge in [0.2, 0.25) is 0 Å². The third-order valence-electron chi connectivity index (χ3n) is 14.9. The zero-order valence-corrected chi connectivity index (χ0v) is 30.6. The van der Waals surface area contributed by atoms with E-state index in [1.54, 1.807) is 0 Å². The van der Waals surface area contributed by atoms with Crippen molar-refractivity contribution in [2.45, 2.75) is 108 Å². The quantitative estimate of drug-likeness (QED) is 0.249. The Morgan fingerprint density at radius 1 is 0.980 bits per heavy atom. The second-order valence-electron chi connectivity index (χ2n) is 17.9. The molecule has 0 aromatic heterocycles. The third kappa shape index (κ3) is 4.40. The maximum atomic E-state index is 14.1. The molecular weight excluding hydrogens is 620 g/mol. The number of fused-ring (bicyclic) bond motifs is 2. The first-order valence-corrected chi connectivity index (χ1v) is 19.2. The van der Waals surface area contributed by atoms with Crippen LogP contribution in [0.4, 0.5) is 0 Å². The number of hydrogen-bond donors (Lipinski definition) is 2. The van der Waals surface area contributed by atoms with Gasteiger partial charge in [-0.3, -0.25) is 9.69 Å². The van der Waals surface area contributed by atoms with Crippen LogP contribution in [0.15, 0.2) is 66.7 Å². The molecule has 2 heterocycles. The van der Waals surface area contributed by atoms with Crippen molar-refractivity contribution in [3.05, 3.63) is 89.0 Å². The van der Waals surface area contributed by atoms with Gasteiger partial charge in [0.25, 0.3) is 5.91 Å². The number of ether oxygens (including phenoxy) is 2. The number of rotatable bonds is 9. The molecule has 2 aliphatic heterocycles. The number of carbonyl (C=O) groups excluding carboxylic acids is 1. The van der Waals surface area contributed by atoms with Gasteiger partial charge in [-0.15, -0.1) is 0 Å². The highest BCUT2D eigenvalue weighted by molar-refractivity contribution is 5.98. The van der Waals surface area contributed by atoms with E-state index in [9.17, 15) is 9.90 Å². The molecule has 6 heteroatoms. The molecule has 1 amide bonds. The average Bonchev–Trinajstić information content (AvgIpc) is 3.86. The van der Waals surface area contributed by atoms with Gasteiger partial charge >= 0.3 is 0 Å². The summed E-state index contributed by atoms with van der Waals surface area (Å²) in [4.78, 5) is 16.9. The minimum absolute atomic E-state index is 0.0374. The molecule has 2 spiro atoms. The van der Waals surface area contributed by atoms with Crippen LogP contribution in [0.1, 0.15) is 93.3 Å². The molecule has 3 aromatic rings. The Morgan fingerprint density at radius 2 is 1.72 bits per heavy atom. The van der Waals surface area contributed by atoms with Crippen molar-refractivity contribution in [2.75, 3.05) is 26.7 Å². The lowest BCUT2D eigenvalue weighted by Crippen LogP contribution is -2.83. The number of piperidine rings is 1. The Kier molecular flexibility index (Phi) is 7.29. The summed E-state index contributed by atoms with van der Waals surface area (Å²) in [5, 5.41) is 15.8. The molecule has 10 rings (SSSR count). The van der Waals surface area contributed by atoms with E-state index >= 15 is 0 Å². The van der Waals surface area contributed by atoms with Gasteiger partial charge in [-0.25, -0.2) is 0 Å². The van der Waals surface area contributed by atoms with Crippen molar-refractivity contribution in [3.8, 4) is 16.9 Å². The van der Waals surface area contributed by atoms with Crippen molar-refractivity contribution in [1.29, 1.82) is 0 Å². The van der Waals surface area contributed by atoms with Crippen LogP contribution >= 0.6 is 0 Å². The van der Waals surface area contributed by atoms with E-state index < -0.39 is 11.2 Å². The highest BCUT2D eigenvalue weighted by atomic mass is 16.6. The topological polar surface area (TPSA) is 71.0 Å². The second-order valence-corrected chi connectivity index (χ2v) is 17.9. The first-order chi connectivity index (χ1) is 23.9. The van der Waals surface area contributed by atoms with Gasteiger partial charge in [-0.05, 0) is 104 Å². The number of hydrogen-bond acceptors (Lipinski definition) is 5. The van der Waals surface area contributed by atoms with Crippen LogP contribution < -0.4 is 10.1 Å². The minimum atomic E-state index is -0.967. The van der Waals surface area contributed by atoms with Gasteiger partial charge < -0.3 is 19.9 Å². The van der Waals surface area contributed by atoms with Crippen LogP contribution in [0, 0.1) is 22.7 Å². The van der Waals surface area contributed by atoms with E-state index in [1.165, 1.54) is 47.2 Å². The largest absolute Gasteiger partial charge is 0.485 e. The number of benzene rings is 3. The zero-order valence-electron chi connectivity index (χ0n) is 30.6. The van der Waals surface area contributed by atoms with Gasteiger partial charge in [0, 0.05) is 48.6 Å². The van der Waals surface area contributed by atoms with Crippen LogP contribution in [0.5, 0.6) is 5.75 Å². The standard InChI is InChI=1S/C44H54N2O4/c1-40(2,3)41(4,48)34-26-42-20-21-44(34,49-5)39-43(42)22-24-46(27-29-11-12-29)35(42)25-32-17-18-33(37(50-39)36(32)43)38(47)45-23-19-28-13-15-31(16-14-28)30-9-7-6-8-10-30/h6-10,13-18,29,34-35,39,48H,11-12,19-27H2,1-5H3,(H,45,47)/t34-,35-,39?,41-,42-,43+,44-/m1/s1. The molecule has 2 N–H and O–H groups in total. The highest BCUT2D eigenvalue weighted by Gasteiger charge is 2.82. The second kappa shape index (κ2) is 11.2. The number of methoxy groups -OCH3 is 1. The fourth-order valence-corrected chi connectivity index (χ4v) is 11.7. The molecule has 264 valence electrons. The summed E-state index contributed by atoms with van der Waals surface area (Å²) in [5.41, 5.74) is 4.67. The smallest absolute Gasteiger partial charge is 0.255 e. The Labute approximate surface area is 297 Å². The van der Waals surface area contributed by atoms with E-state index in [1.807, 2.05) is 26.2 Å². The van der Waals surface area contributed by atoms with Crippen LogP contribution in [0.25, 0.3) is 11.1 Å². The van der Waals surface area contributed by atoms with Crippen molar-refractivity contribution in [1.82, 2.24) is 10.2 Å². The molecule has 4 saturated carbocycles. The van der Waals surface area contributed by atoms with Crippen LogP contribution in [0.3, 0.4) is 0 Å². The first-order valence-electron chi connectivity index (χ1n) is 19.2. The summed E-state index contributed by atoms with van der Waals surface area (Å²) in [6.45, 7) is 11.3. The molecule has 6 nitrogen and oxygen atoms in total. The SMILES string of the molecule is CO[C@]12CC[C@@]3(C[C@@H]1[C@@](C)(O)C(C)(C)C)[C@H]1Cc4ccc(C(=O)NCCc5ccc(-c6ccccc6)cc5)c5c4[C@@]3(CCN1CC1CC1)C2O5. The van der Waals surface area contributed by atoms with Crippen molar-refractivity contribution >= 4 is 5.91 Å². The number of amides is 1. The van der Waals surface area contributed by atoms with Crippen molar-refractivity contribution in [3.63, 3.8) is 0 Å². The normalized spacial score (nSPS) is 33.4. The van der Waals surface area contributed by atoms with Crippen LogP contribution in [-0.4, -0.2) is 66.0 Å².